The third-order valence-electron chi connectivity index (χ3n) is 3.86. The van der Waals surface area contributed by atoms with Crippen molar-refractivity contribution in [3.05, 3.63) is 70.8 Å². The number of hydrogen-bond acceptors (Lipinski definition) is 4. The standard InChI is InChI=1S/C22H23NO3/c1-4-25-22(24)20(14-23)13-17-7-11-21(12-8-17)26-15-18-5-9-19(10-6-18)16(2)3/h5-13,16H,4,15H2,1-3H3/b20-13+. The highest BCUT2D eigenvalue weighted by Crippen LogP contribution is 2.18. The third-order valence-corrected chi connectivity index (χ3v) is 3.86. The molecule has 0 atom stereocenters. The van der Waals surface area contributed by atoms with Crippen molar-refractivity contribution in [2.45, 2.75) is 33.3 Å². The maximum absolute atomic E-state index is 11.6. The van der Waals surface area contributed by atoms with E-state index >= 15 is 0 Å². The van der Waals surface area contributed by atoms with Crippen LogP contribution in [-0.4, -0.2) is 12.6 Å². The molecule has 0 amide bonds. The molecule has 0 heterocycles. The Balaban J connectivity index is 1.99. The van der Waals surface area contributed by atoms with Gasteiger partial charge in [0.1, 0.15) is 24.0 Å². The van der Waals surface area contributed by atoms with Crippen LogP contribution in [0, 0.1) is 11.3 Å². The number of carbonyl (C=O) groups excluding carboxylic acids is 1. The van der Waals surface area contributed by atoms with Gasteiger partial charge in [-0.1, -0.05) is 50.2 Å². The van der Waals surface area contributed by atoms with Crippen molar-refractivity contribution in [1.82, 2.24) is 0 Å². The molecule has 4 nitrogen and oxygen atoms in total. The summed E-state index contributed by atoms with van der Waals surface area (Å²) < 4.78 is 10.6. The monoisotopic (exact) mass is 349 g/mol. The van der Waals surface area contributed by atoms with Crippen LogP contribution in [0.3, 0.4) is 0 Å². The first-order valence-corrected chi connectivity index (χ1v) is 8.64. The molecule has 0 aliphatic heterocycles. The fourth-order valence-corrected chi connectivity index (χ4v) is 2.34. The summed E-state index contributed by atoms with van der Waals surface area (Å²) in [5.41, 5.74) is 3.13. The molecule has 0 saturated heterocycles. The van der Waals surface area contributed by atoms with Crippen molar-refractivity contribution in [3.63, 3.8) is 0 Å². The van der Waals surface area contributed by atoms with E-state index in [0.717, 1.165) is 16.9 Å². The summed E-state index contributed by atoms with van der Waals surface area (Å²) in [5, 5.41) is 9.06. The average Bonchev–Trinajstić information content (AvgIpc) is 2.65. The lowest BCUT2D eigenvalue weighted by Crippen LogP contribution is -2.05. The lowest BCUT2D eigenvalue weighted by atomic mass is 10.0. The van der Waals surface area contributed by atoms with Crippen LogP contribution in [-0.2, 0) is 16.1 Å². The third kappa shape index (κ3) is 5.49. The Hall–Kier alpha value is -3.06. The Morgan fingerprint density at radius 3 is 2.31 bits per heavy atom. The van der Waals surface area contributed by atoms with E-state index in [2.05, 4.69) is 38.1 Å². The molecule has 0 fully saturated rings. The first-order valence-electron chi connectivity index (χ1n) is 8.64. The highest BCUT2D eigenvalue weighted by Gasteiger charge is 2.09. The maximum atomic E-state index is 11.6. The molecule has 4 heteroatoms. The second-order valence-electron chi connectivity index (χ2n) is 6.14. The topological polar surface area (TPSA) is 59.3 Å². The number of ether oxygens (including phenoxy) is 2. The van der Waals surface area contributed by atoms with Gasteiger partial charge in [0.25, 0.3) is 0 Å². The van der Waals surface area contributed by atoms with E-state index in [1.54, 1.807) is 19.1 Å². The van der Waals surface area contributed by atoms with Crippen molar-refractivity contribution in [3.8, 4) is 11.8 Å². The Morgan fingerprint density at radius 2 is 1.77 bits per heavy atom. The van der Waals surface area contributed by atoms with Crippen molar-refractivity contribution in [2.75, 3.05) is 6.61 Å². The van der Waals surface area contributed by atoms with E-state index in [1.165, 1.54) is 11.6 Å². The molecular weight excluding hydrogens is 326 g/mol. The molecule has 0 unspecified atom stereocenters. The predicted octanol–water partition coefficient (Wildman–Crippen LogP) is 4.86. The second kappa shape index (κ2) is 9.43. The fraction of sp³-hybridized carbons (Fsp3) is 0.273. The molecule has 2 aromatic carbocycles. The molecule has 26 heavy (non-hydrogen) atoms. The number of hydrogen-bond donors (Lipinski definition) is 0. The molecule has 0 bridgehead atoms. The molecule has 0 saturated carbocycles. The van der Waals surface area contributed by atoms with Gasteiger partial charge in [-0.2, -0.15) is 5.26 Å². The minimum Gasteiger partial charge on any atom is -0.489 e. The lowest BCUT2D eigenvalue weighted by Gasteiger charge is -2.09. The number of nitrogens with zero attached hydrogens (tertiary/aromatic N) is 1. The van der Waals surface area contributed by atoms with E-state index in [-0.39, 0.29) is 12.2 Å². The summed E-state index contributed by atoms with van der Waals surface area (Å²) in [6.45, 7) is 6.76. The first-order chi connectivity index (χ1) is 12.5. The molecular formula is C22H23NO3. The molecule has 0 N–H and O–H groups in total. The van der Waals surface area contributed by atoms with Crippen LogP contribution >= 0.6 is 0 Å². The van der Waals surface area contributed by atoms with Crippen molar-refractivity contribution >= 4 is 12.0 Å². The number of rotatable bonds is 7. The van der Waals surface area contributed by atoms with Gasteiger partial charge in [-0.15, -0.1) is 0 Å². The summed E-state index contributed by atoms with van der Waals surface area (Å²) in [6, 6.07) is 17.5. The molecule has 0 spiro atoms. The van der Waals surface area contributed by atoms with Gasteiger partial charge in [0.05, 0.1) is 6.61 Å². The molecule has 2 rings (SSSR count). The van der Waals surface area contributed by atoms with Crippen molar-refractivity contribution < 1.29 is 14.3 Å². The van der Waals surface area contributed by atoms with Gasteiger partial charge in [0, 0.05) is 0 Å². The number of nitriles is 1. The zero-order valence-electron chi connectivity index (χ0n) is 15.4. The number of carbonyl (C=O) groups is 1. The van der Waals surface area contributed by atoms with Crippen LogP contribution in [0.5, 0.6) is 5.75 Å². The molecule has 2 aromatic rings. The van der Waals surface area contributed by atoms with Crippen LogP contribution in [0.25, 0.3) is 6.08 Å². The molecule has 0 aliphatic rings. The average molecular weight is 349 g/mol. The molecule has 0 aliphatic carbocycles. The smallest absolute Gasteiger partial charge is 0.348 e. The highest BCUT2D eigenvalue weighted by atomic mass is 16.5. The van der Waals surface area contributed by atoms with Gasteiger partial charge < -0.3 is 9.47 Å². The summed E-state index contributed by atoms with van der Waals surface area (Å²) in [6.07, 6.45) is 1.51. The summed E-state index contributed by atoms with van der Waals surface area (Å²) in [5.74, 6) is 0.628. The summed E-state index contributed by atoms with van der Waals surface area (Å²) in [7, 11) is 0. The Kier molecular flexibility index (Phi) is 6.99. The van der Waals surface area contributed by atoms with Gasteiger partial charge in [-0.3, -0.25) is 0 Å². The Labute approximate surface area is 154 Å². The van der Waals surface area contributed by atoms with E-state index in [4.69, 9.17) is 14.7 Å². The fourth-order valence-electron chi connectivity index (χ4n) is 2.34. The van der Waals surface area contributed by atoms with Gasteiger partial charge >= 0.3 is 5.97 Å². The lowest BCUT2D eigenvalue weighted by molar-refractivity contribution is -0.137. The van der Waals surface area contributed by atoms with Gasteiger partial charge in [0.15, 0.2) is 0 Å². The van der Waals surface area contributed by atoms with E-state index in [0.29, 0.717) is 12.5 Å². The van der Waals surface area contributed by atoms with E-state index in [9.17, 15) is 4.79 Å². The van der Waals surface area contributed by atoms with Gasteiger partial charge in [-0.05, 0) is 47.7 Å². The van der Waals surface area contributed by atoms with Gasteiger partial charge in [-0.25, -0.2) is 4.79 Å². The number of benzene rings is 2. The van der Waals surface area contributed by atoms with Gasteiger partial charge in [0.2, 0.25) is 0 Å². The Bertz CT molecular complexity index is 797. The molecule has 0 aromatic heterocycles. The second-order valence-corrected chi connectivity index (χ2v) is 6.14. The van der Waals surface area contributed by atoms with E-state index < -0.39 is 5.97 Å². The molecule has 0 radical (unpaired) electrons. The summed E-state index contributed by atoms with van der Waals surface area (Å²) >= 11 is 0. The first kappa shape index (κ1) is 19.3. The van der Waals surface area contributed by atoms with Crippen LogP contribution in [0.15, 0.2) is 54.1 Å². The van der Waals surface area contributed by atoms with E-state index in [1.807, 2.05) is 18.2 Å². The predicted molar refractivity (Wildman–Crippen MR) is 102 cm³/mol. The zero-order chi connectivity index (χ0) is 18.9. The number of esters is 1. The van der Waals surface area contributed by atoms with Crippen LogP contribution < -0.4 is 4.74 Å². The van der Waals surface area contributed by atoms with Crippen molar-refractivity contribution in [2.24, 2.45) is 0 Å². The highest BCUT2D eigenvalue weighted by molar-refractivity contribution is 5.97. The Morgan fingerprint density at radius 1 is 1.12 bits per heavy atom. The quantitative estimate of drug-likeness (QED) is 0.407. The van der Waals surface area contributed by atoms with Crippen LogP contribution in [0.1, 0.15) is 43.4 Å². The minimum absolute atomic E-state index is 0.0224. The maximum Gasteiger partial charge on any atom is 0.348 e. The largest absolute Gasteiger partial charge is 0.489 e. The van der Waals surface area contributed by atoms with Crippen LogP contribution in [0.2, 0.25) is 0 Å². The normalized spacial score (nSPS) is 11.1. The summed E-state index contributed by atoms with van der Waals surface area (Å²) in [4.78, 5) is 11.6. The molecule has 134 valence electrons. The SMILES string of the molecule is CCOC(=O)/C(C#N)=C/c1ccc(OCc2ccc(C(C)C)cc2)cc1. The van der Waals surface area contributed by atoms with Crippen molar-refractivity contribution in [1.29, 1.82) is 5.26 Å². The zero-order valence-corrected chi connectivity index (χ0v) is 15.4. The minimum atomic E-state index is -0.611. The van der Waals surface area contributed by atoms with Crippen LogP contribution in [0.4, 0.5) is 0 Å².